The topological polar surface area (TPSA) is 80.2 Å². The number of oxime groups is 1. The molecular formula is C26H28ClFIN3O4. The number of hydrogen-bond acceptors (Lipinski definition) is 5. The Labute approximate surface area is 228 Å². The second kappa shape index (κ2) is 10.2. The number of nitrogens with one attached hydrogen (secondary N) is 1. The minimum atomic E-state index is -1.24. The molecule has 2 aliphatic rings. The lowest BCUT2D eigenvalue weighted by atomic mass is 9.87. The molecule has 1 unspecified atom stereocenters. The number of anilines is 1. The molecule has 0 radical (unpaired) electrons. The highest BCUT2D eigenvalue weighted by Gasteiger charge is 2.42. The summed E-state index contributed by atoms with van der Waals surface area (Å²) in [6.45, 7) is 6.38. The standard InChI is InChI=1S/C26H28ClFIN3O4/c1-15-9-18(12-19(29)10-15)26(14-28)13-21(31-36-26)17-7-8-20(27)22(11-17)32(24(34)35-25(2,3)4)30-23(33)16-5-6-16/h7-12,16H,5-6,13-14H2,1-4H3,(H,30,33). The van der Waals surface area contributed by atoms with Gasteiger partial charge < -0.3 is 9.57 Å². The fourth-order valence-electron chi connectivity index (χ4n) is 3.86. The van der Waals surface area contributed by atoms with E-state index in [1.54, 1.807) is 39.0 Å². The number of nitrogens with zero attached hydrogens (tertiary/aromatic N) is 2. The minimum Gasteiger partial charge on any atom is -0.442 e. The van der Waals surface area contributed by atoms with Gasteiger partial charge >= 0.3 is 6.09 Å². The van der Waals surface area contributed by atoms with Crippen molar-refractivity contribution in [2.45, 2.75) is 58.2 Å². The molecule has 10 heteroatoms. The quantitative estimate of drug-likeness (QED) is 0.306. The minimum absolute atomic E-state index is 0.146. The smallest absolute Gasteiger partial charge is 0.434 e. The lowest BCUT2D eigenvalue weighted by molar-refractivity contribution is -0.122. The van der Waals surface area contributed by atoms with E-state index in [0.717, 1.165) is 27.0 Å². The number of halogens is 3. The van der Waals surface area contributed by atoms with Crippen molar-refractivity contribution < 1.29 is 23.6 Å². The molecule has 7 nitrogen and oxygen atoms in total. The van der Waals surface area contributed by atoms with Gasteiger partial charge in [0.25, 0.3) is 0 Å². The molecule has 1 N–H and O–H groups in total. The summed E-state index contributed by atoms with van der Waals surface area (Å²) in [7, 11) is 0. The van der Waals surface area contributed by atoms with Crippen LogP contribution in [0.15, 0.2) is 41.6 Å². The van der Waals surface area contributed by atoms with Crippen LogP contribution in [0.2, 0.25) is 5.02 Å². The summed E-state index contributed by atoms with van der Waals surface area (Å²) >= 11 is 8.66. The van der Waals surface area contributed by atoms with Crippen molar-refractivity contribution in [1.29, 1.82) is 0 Å². The van der Waals surface area contributed by atoms with Crippen LogP contribution >= 0.6 is 34.2 Å². The van der Waals surface area contributed by atoms with E-state index < -0.39 is 24.0 Å². The van der Waals surface area contributed by atoms with Gasteiger partial charge in [-0.25, -0.2) is 9.18 Å². The van der Waals surface area contributed by atoms with Crippen LogP contribution in [0.5, 0.6) is 0 Å². The van der Waals surface area contributed by atoms with E-state index >= 15 is 0 Å². The predicted molar refractivity (Wildman–Crippen MR) is 145 cm³/mol. The maximum atomic E-state index is 14.4. The lowest BCUT2D eigenvalue weighted by Crippen LogP contribution is -2.49. The van der Waals surface area contributed by atoms with E-state index in [4.69, 9.17) is 21.2 Å². The Bertz CT molecular complexity index is 1210. The number of benzene rings is 2. The van der Waals surface area contributed by atoms with Gasteiger partial charge in [0, 0.05) is 27.0 Å². The van der Waals surface area contributed by atoms with Crippen LogP contribution < -0.4 is 10.4 Å². The number of hydrogen-bond donors (Lipinski definition) is 1. The third kappa shape index (κ3) is 5.94. The first-order valence-corrected chi connectivity index (χ1v) is 13.1. The molecule has 1 aliphatic carbocycles. The molecule has 1 saturated carbocycles. The second-order valence-electron chi connectivity index (χ2n) is 10.2. The summed E-state index contributed by atoms with van der Waals surface area (Å²) in [6, 6.07) is 10.7. The van der Waals surface area contributed by atoms with Crippen LogP contribution in [0, 0.1) is 16.4 Å². The molecule has 2 aromatic rings. The van der Waals surface area contributed by atoms with Crippen molar-refractivity contribution in [3.63, 3.8) is 0 Å². The van der Waals surface area contributed by atoms with Crippen molar-refractivity contribution in [1.82, 2.24) is 5.43 Å². The average Bonchev–Trinajstić information content (AvgIpc) is 3.55. The number of alkyl halides is 1. The van der Waals surface area contributed by atoms with Gasteiger partial charge in [0.2, 0.25) is 5.91 Å². The third-order valence-electron chi connectivity index (χ3n) is 5.83. The van der Waals surface area contributed by atoms with E-state index in [2.05, 4.69) is 33.2 Å². The Kier molecular flexibility index (Phi) is 7.52. The number of aryl methyl sites for hydroxylation is 1. The van der Waals surface area contributed by atoms with Crippen LogP contribution in [0.4, 0.5) is 14.9 Å². The van der Waals surface area contributed by atoms with E-state index in [1.165, 1.54) is 0 Å². The summed E-state index contributed by atoms with van der Waals surface area (Å²) in [4.78, 5) is 31.3. The number of carbonyl (C=O) groups is 2. The van der Waals surface area contributed by atoms with E-state index in [0.29, 0.717) is 16.8 Å². The SMILES string of the molecule is Cc1cc(I)cc(C2(CF)CC(c3ccc(Cl)c(N(NC(=O)C4CC4)C(=O)OC(C)(C)C)c3)=NO2)c1. The Morgan fingerprint density at radius 3 is 2.61 bits per heavy atom. The molecule has 4 rings (SSSR count). The number of rotatable bonds is 5. The average molecular weight is 628 g/mol. The van der Waals surface area contributed by atoms with Gasteiger partial charge in [-0.2, -0.15) is 5.01 Å². The zero-order valence-corrected chi connectivity index (χ0v) is 23.4. The molecule has 0 spiro atoms. The summed E-state index contributed by atoms with van der Waals surface area (Å²) in [5.74, 6) is -0.429. The monoisotopic (exact) mass is 627 g/mol. The van der Waals surface area contributed by atoms with Gasteiger partial charge in [-0.1, -0.05) is 28.9 Å². The molecule has 0 bridgehead atoms. The third-order valence-corrected chi connectivity index (χ3v) is 6.78. The molecule has 1 fully saturated rings. The fourth-order valence-corrected chi connectivity index (χ4v) is 4.89. The molecular weight excluding hydrogens is 600 g/mol. The van der Waals surface area contributed by atoms with Gasteiger partial charge in [0.05, 0.1) is 16.4 Å². The van der Waals surface area contributed by atoms with Crippen molar-refractivity contribution in [3.8, 4) is 0 Å². The first-order valence-electron chi connectivity index (χ1n) is 11.6. The van der Waals surface area contributed by atoms with Crippen LogP contribution in [0.3, 0.4) is 0 Å². The molecule has 2 amide bonds. The highest BCUT2D eigenvalue weighted by molar-refractivity contribution is 14.1. The van der Waals surface area contributed by atoms with Gasteiger partial charge in [-0.3, -0.25) is 10.2 Å². The predicted octanol–water partition coefficient (Wildman–Crippen LogP) is 6.43. The molecule has 0 aromatic heterocycles. The Balaban J connectivity index is 1.65. The number of hydrazine groups is 1. The molecule has 36 heavy (non-hydrogen) atoms. The molecule has 2 aromatic carbocycles. The van der Waals surface area contributed by atoms with Crippen molar-refractivity contribution >= 4 is 57.6 Å². The number of carbonyl (C=O) groups excluding carboxylic acids is 2. The maximum Gasteiger partial charge on any atom is 0.434 e. The number of ether oxygens (including phenoxy) is 1. The first-order chi connectivity index (χ1) is 16.9. The lowest BCUT2D eigenvalue weighted by Gasteiger charge is -2.28. The molecule has 1 heterocycles. The number of amides is 2. The van der Waals surface area contributed by atoms with Crippen LogP contribution in [-0.2, 0) is 20.0 Å². The van der Waals surface area contributed by atoms with Gasteiger partial charge in [0.1, 0.15) is 12.3 Å². The normalized spacial score (nSPS) is 19.4. The van der Waals surface area contributed by atoms with Crippen LogP contribution in [0.1, 0.15) is 56.7 Å². The summed E-state index contributed by atoms with van der Waals surface area (Å²) in [6.07, 6.45) is 0.941. The Morgan fingerprint density at radius 2 is 2.00 bits per heavy atom. The zero-order valence-electron chi connectivity index (χ0n) is 20.5. The van der Waals surface area contributed by atoms with E-state index in [9.17, 15) is 14.0 Å². The summed E-state index contributed by atoms with van der Waals surface area (Å²) in [5.41, 5.74) is 3.62. The van der Waals surface area contributed by atoms with Crippen molar-refractivity contribution in [2.75, 3.05) is 11.7 Å². The van der Waals surface area contributed by atoms with Crippen LogP contribution in [0.25, 0.3) is 0 Å². The molecule has 0 saturated heterocycles. The second-order valence-corrected chi connectivity index (χ2v) is 11.8. The fraction of sp³-hybridized carbons (Fsp3) is 0.423. The van der Waals surface area contributed by atoms with Crippen LogP contribution in [-0.4, -0.2) is 30.0 Å². The summed E-state index contributed by atoms with van der Waals surface area (Å²) < 4.78 is 20.9. The summed E-state index contributed by atoms with van der Waals surface area (Å²) in [5, 5.41) is 5.46. The Hall–Kier alpha value is -2.40. The van der Waals surface area contributed by atoms with E-state index in [1.807, 2.05) is 25.1 Å². The Morgan fingerprint density at radius 1 is 1.28 bits per heavy atom. The largest absolute Gasteiger partial charge is 0.442 e. The highest BCUT2D eigenvalue weighted by atomic mass is 127. The van der Waals surface area contributed by atoms with Gasteiger partial charge in [-0.05, 0) is 93.0 Å². The first kappa shape index (κ1) is 26.7. The van der Waals surface area contributed by atoms with Gasteiger partial charge in [0.15, 0.2) is 5.60 Å². The molecule has 1 atom stereocenters. The van der Waals surface area contributed by atoms with Crippen molar-refractivity contribution in [3.05, 3.63) is 61.7 Å². The molecule has 192 valence electrons. The highest BCUT2D eigenvalue weighted by Crippen LogP contribution is 2.39. The van der Waals surface area contributed by atoms with Gasteiger partial charge in [-0.15, -0.1) is 0 Å². The molecule has 1 aliphatic heterocycles. The van der Waals surface area contributed by atoms with Crippen molar-refractivity contribution in [2.24, 2.45) is 11.1 Å². The maximum absolute atomic E-state index is 14.4. The zero-order chi connectivity index (χ0) is 26.3. The van der Waals surface area contributed by atoms with E-state index in [-0.39, 0.29) is 29.0 Å².